The van der Waals surface area contributed by atoms with Gasteiger partial charge in [-0.05, 0) is 39.0 Å². The second kappa shape index (κ2) is 5.24. The predicted octanol–water partition coefficient (Wildman–Crippen LogP) is 1.28. The van der Waals surface area contributed by atoms with Crippen molar-refractivity contribution in [1.82, 2.24) is 9.97 Å². The molecule has 1 amide bonds. The van der Waals surface area contributed by atoms with Gasteiger partial charge < -0.3 is 10.5 Å². The van der Waals surface area contributed by atoms with Gasteiger partial charge in [-0.15, -0.1) is 0 Å². The Kier molecular flexibility index (Phi) is 3.65. The van der Waals surface area contributed by atoms with Crippen LogP contribution in [0.4, 0.5) is 0 Å². The van der Waals surface area contributed by atoms with Crippen LogP contribution in [0.5, 0.6) is 0 Å². The molecule has 0 aliphatic rings. The molecule has 2 N–H and O–H groups in total. The van der Waals surface area contributed by atoms with Crippen LogP contribution < -0.4 is 5.73 Å². The Hall–Kier alpha value is -2.50. The maximum Gasteiger partial charge on any atom is 0.338 e. The second-order valence-corrected chi connectivity index (χ2v) is 4.55. The molecule has 2 rings (SSSR count). The van der Waals surface area contributed by atoms with Gasteiger partial charge in [-0.25, -0.2) is 14.8 Å². The number of aryl methyl sites for hydroxylation is 2. The number of esters is 1. The molecule has 1 heterocycles. The summed E-state index contributed by atoms with van der Waals surface area (Å²) in [6.07, 6.45) is -0.968. The molecular formula is C14H15N3O3. The lowest BCUT2D eigenvalue weighted by atomic mass is 10.2. The molecule has 0 aliphatic carbocycles. The molecule has 0 radical (unpaired) electrons. The highest BCUT2D eigenvalue weighted by molar-refractivity contribution is 5.95. The molecule has 0 aliphatic heterocycles. The normalized spacial score (nSPS) is 12.2. The quantitative estimate of drug-likeness (QED) is 0.850. The minimum absolute atomic E-state index is 0.308. The maximum atomic E-state index is 11.9. The lowest BCUT2D eigenvalue weighted by Gasteiger charge is -2.10. The lowest BCUT2D eigenvalue weighted by molar-refractivity contribution is -0.125. The summed E-state index contributed by atoms with van der Waals surface area (Å²) < 4.78 is 4.94. The van der Waals surface area contributed by atoms with Gasteiger partial charge in [0.25, 0.3) is 5.91 Å². The number of ether oxygens (including phenoxy) is 1. The molecule has 0 saturated carbocycles. The lowest BCUT2D eigenvalue weighted by Crippen LogP contribution is -2.30. The van der Waals surface area contributed by atoms with E-state index in [0.29, 0.717) is 16.6 Å². The fourth-order valence-electron chi connectivity index (χ4n) is 1.64. The number of fused-ring (bicyclic) bond motifs is 1. The van der Waals surface area contributed by atoms with Crippen LogP contribution in [0.1, 0.15) is 28.7 Å². The number of carbonyl (C=O) groups is 2. The van der Waals surface area contributed by atoms with Crippen molar-refractivity contribution < 1.29 is 14.3 Å². The first kappa shape index (κ1) is 13.9. The number of carbonyl (C=O) groups excluding carboxylic acids is 2. The number of rotatable bonds is 3. The highest BCUT2D eigenvalue weighted by Crippen LogP contribution is 2.15. The topological polar surface area (TPSA) is 95.2 Å². The van der Waals surface area contributed by atoms with Crippen molar-refractivity contribution in [3.05, 3.63) is 35.2 Å². The predicted molar refractivity (Wildman–Crippen MR) is 73.1 cm³/mol. The van der Waals surface area contributed by atoms with Crippen molar-refractivity contribution in [3.63, 3.8) is 0 Å². The van der Waals surface area contributed by atoms with Crippen LogP contribution in [0.3, 0.4) is 0 Å². The van der Waals surface area contributed by atoms with E-state index in [1.807, 2.05) is 13.8 Å². The first-order chi connectivity index (χ1) is 9.38. The van der Waals surface area contributed by atoms with Gasteiger partial charge in [0.15, 0.2) is 6.10 Å². The van der Waals surface area contributed by atoms with Crippen LogP contribution in [0.25, 0.3) is 11.0 Å². The molecule has 1 aromatic heterocycles. The Balaban J connectivity index is 2.34. The average molecular weight is 273 g/mol. The number of amides is 1. The summed E-state index contributed by atoms with van der Waals surface area (Å²) >= 11 is 0. The molecule has 1 aromatic carbocycles. The Bertz CT molecular complexity index is 697. The van der Waals surface area contributed by atoms with Gasteiger partial charge in [0.2, 0.25) is 0 Å². The fourth-order valence-corrected chi connectivity index (χ4v) is 1.64. The van der Waals surface area contributed by atoms with Crippen LogP contribution in [0, 0.1) is 13.8 Å². The van der Waals surface area contributed by atoms with Crippen molar-refractivity contribution in [3.8, 4) is 0 Å². The number of benzene rings is 1. The van der Waals surface area contributed by atoms with E-state index in [1.165, 1.54) is 6.92 Å². The van der Waals surface area contributed by atoms with Crippen molar-refractivity contribution in [2.45, 2.75) is 26.9 Å². The molecule has 6 nitrogen and oxygen atoms in total. The Morgan fingerprint density at radius 2 is 1.75 bits per heavy atom. The zero-order chi connectivity index (χ0) is 14.9. The molecule has 20 heavy (non-hydrogen) atoms. The fraction of sp³-hybridized carbons (Fsp3) is 0.286. The summed E-state index contributed by atoms with van der Waals surface area (Å²) in [5, 5.41) is 0. The van der Waals surface area contributed by atoms with Gasteiger partial charge in [-0.1, -0.05) is 0 Å². The van der Waals surface area contributed by atoms with Gasteiger partial charge >= 0.3 is 5.97 Å². The minimum atomic E-state index is -0.968. The molecule has 2 aromatic rings. The van der Waals surface area contributed by atoms with Crippen LogP contribution in [-0.2, 0) is 9.53 Å². The number of hydrogen-bond donors (Lipinski definition) is 1. The molecule has 1 atom stereocenters. The van der Waals surface area contributed by atoms with Gasteiger partial charge in [0, 0.05) is 0 Å². The third-order valence-electron chi connectivity index (χ3n) is 3.00. The van der Waals surface area contributed by atoms with Crippen molar-refractivity contribution in [1.29, 1.82) is 0 Å². The van der Waals surface area contributed by atoms with Crippen molar-refractivity contribution >= 4 is 22.9 Å². The Morgan fingerprint density at radius 3 is 2.35 bits per heavy atom. The van der Waals surface area contributed by atoms with E-state index in [-0.39, 0.29) is 0 Å². The largest absolute Gasteiger partial charge is 0.449 e. The van der Waals surface area contributed by atoms with E-state index < -0.39 is 18.0 Å². The minimum Gasteiger partial charge on any atom is -0.449 e. The first-order valence-electron chi connectivity index (χ1n) is 6.14. The number of hydrogen-bond acceptors (Lipinski definition) is 5. The summed E-state index contributed by atoms with van der Waals surface area (Å²) in [5.74, 6) is -1.30. The van der Waals surface area contributed by atoms with Gasteiger partial charge in [0.05, 0.1) is 28.0 Å². The average Bonchev–Trinajstić information content (AvgIpc) is 2.39. The molecule has 104 valence electrons. The van der Waals surface area contributed by atoms with Gasteiger partial charge in [0.1, 0.15) is 0 Å². The molecule has 0 saturated heterocycles. The molecule has 6 heteroatoms. The van der Waals surface area contributed by atoms with Crippen molar-refractivity contribution in [2.24, 2.45) is 5.73 Å². The van der Waals surface area contributed by atoms with Crippen LogP contribution in [0.15, 0.2) is 18.2 Å². The summed E-state index contributed by atoms with van der Waals surface area (Å²) in [5.41, 5.74) is 8.31. The summed E-state index contributed by atoms with van der Waals surface area (Å²) in [6.45, 7) is 5.15. The molecule has 0 unspecified atom stereocenters. The second-order valence-electron chi connectivity index (χ2n) is 4.55. The van der Waals surface area contributed by atoms with E-state index in [2.05, 4.69) is 9.97 Å². The standard InChI is InChI=1S/C14H15N3O3/c1-7-8(2)17-12-6-10(4-5-11(12)16-7)14(19)20-9(3)13(15)18/h4-6,9H,1-3H3,(H2,15,18)/t9-/m1/s1. The highest BCUT2D eigenvalue weighted by atomic mass is 16.5. The SMILES string of the molecule is Cc1nc2ccc(C(=O)O[C@H](C)C(N)=O)cc2nc1C. The number of aromatic nitrogens is 2. The highest BCUT2D eigenvalue weighted by Gasteiger charge is 2.16. The number of primary amides is 1. The van der Waals surface area contributed by atoms with E-state index in [9.17, 15) is 9.59 Å². The number of nitrogens with two attached hydrogens (primary N) is 1. The van der Waals surface area contributed by atoms with Crippen LogP contribution >= 0.6 is 0 Å². The zero-order valence-electron chi connectivity index (χ0n) is 11.5. The van der Waals surface area contributed by atoms with E-state index in [0.717, 1.165) is 11.4 Å². The van der Waals surface area contributed by atoms with E-state index >= 15 is 0 Å². The van der Waals surface area contributed by atoms with E-state index in [1.54, 1.807) is 18.2 Å². The third kappa shape index (κ3) is 2.74. The van der Waals surface area contributed by atoms with Gasteiger partial charge in [-0.3, -0.25) is 4.79 Å². The zero-order valence-corrected chi connectivity index (χ0v) is 11.5. The monoisotopic (exact) mass is 273 g/mol. The Labute approximate surface area is 116 Å². The summed E-state index contributed by atoms with van der Waals surface area (Å²) in [4.78, 5) is 31.5. The van der Waals surface area contributed by atoms with Gasteiger partial charge in [-0.2, -0.15) is 0 Å². The molecule has 0 bridgehead atoms. The third-order valence-corrected chi connectivity index (χ3v) is 3.00. The Morgan fingerprint density at radius 1 is 1.15 bits per heavy atom. The maximum absolute atomic E-state index is 11.9. The first-order valence-corrected chi connectivity index (χ1v) is 6.14. The summed E-state index contributed by atoms with van der Waals surface area (Å²) in [7, 11) is 0. The molecule has 0 spiro atoms. The van der Waals surface area contributed by atoms with E-state index in [4.69, 9.17) is 10.5 Å². The van der Waals surface area contributed by atoms with Crippen molar-refractivity contribution in [2.75, 3.05) is 0 Å². The smallest absolute Gasteiger partial charge is 0.338 e. The van der Waals surface area contributed by atoms with Crippen LogP contribution in [0.2, 0.25) is 0 Å². The molecule has 0 fully saturated rings. The van der Waals surface area contributed by atoms with Crippen LogP contribution in [-0.4, -0.2) is 27.9 Å². The summed E-state index contributed by atoms with van der Waals surface area (Å²) in [6, 6.07) is 4.87. The number of nitrogens with zero attached hydrogens (tertiary/aromatic N) is 2. The molecular weight excluding hydrogens is 258 g/mol.